The van der Waals surface area contributed by atoms with Crippen LogP contribution in [0.5, 0.6) is 0 Å². The minimum absolute atomic E-state index is 0.0204. The number of halogens is 3. The number of hydrogen-bond acceptors (Lipinski definition) is 2. The zero-order chi connectivity index (χ0) is 20.9. The Balaban J connectivity index is 2.12. The van der Waals surface area contributed by atoms with Gasteiger partial charge in [0.1, 0.15) is 6.04 Å². The number of aryl methyl sites for hydroxylation is 1. The van der Waals surface area contributed by atoms with Crippen LogP contribution < -0.4 is 10.6 Å². The van der Waals surface area contributed by atoms with E-state index in [0.29, 0.717) is 5.56 Å². The van der Waals surface area contributed by atoms with Gasteiger partial charge in [0.15, 0.2) is 0 Å². The summed E-state index contributed by atoms with van der Waals surface area (Å²) >= 11 is 0. The molecule has 150 valence electrons. The lowest BCUT2D eigenvalue weighted by Gasteiger charge is -2.22. The maximum absolute atomic E-state index is 12.8. The lowest BCUT2D eigenvalue weighted by atomic mass is 10.0. The molecular weight excluding hydrogens is 369 g/mol. The zero-order valence-corrected chi connectivity index (χ0v) is 15.9. The van der Waals surface area contributed by atoms with Gasteiger partial charge in [0.05, 0.1) is 5.56 Å². The summed E-state index contributed by atoms with van der Waals surface area (Å²) < 4.78 is 38.5. The van der Waals surface area contributed by atoms with Gasteiger partial charge in [-0.15, -0.1) is 0 Å². The second-order valence-electron chi connectivity index (χ2n) is 6.81. The Kier molecular flexibility index (Phi) is 6.83. The quantitative estimate of drug-likeness (QED) is 0.751. The van der Waals surface area contributed by atoms with Crippen LogP contribution in [0.2, 0.25) is 0 Å². The van der Waals surface area contributed by atoms with Crippen molar-refractivity contribution in [2.45, 2.75) is 39.4 Å². The van der Waals surface area contributed by atoms with Crippen LogP contribution in [0.1, 0.15) is 42.3 Å². The van der Waals surface area contributed by atoms with Crippen molar-refractivity contribution in [1.29, 1.82) is 0 Å². The monoisotopic (exact) mass is 392 g/mol. The molecule has 0 radical (unpaired) electrons. The first-order valence-electron chi connectivity index (χ1n) is 8.99. The molecule has 0 saturated heterocycles. The molecule has 0 unspecified atom stereocenters. The molecule has 1 atom stereocenters. The van der Waals surface area contributed by atoms with E-state index in [4.69, 9.17) is 0 Å². The van der Waals surface area contributed by atoms with Crippen molar-refractivity contribution in [3.8, 4) is 0 Å². The maximum atomic E-state index is 12.8. The minimum Gasteiger partial charge on any atom is -0.340 e. The van der Waals surface area contributed by atoms with Gasteiger partial charge in [0.25, 0.3) is 5.91 Å². The number of carbonyl (C=O) groups is 2. The molecule has 2 amide bonds. The standard InChI is InChI=1S/C21H23F3N2O2/c1-4-14-8-10-15(11-9-14)19(27)26-18(13(2)3)20(28)25-17-7-5-6-16(12-17)21(22,23)24/h5-13,18H,4H2,1-3H3,(H,25,28)(H,26,27)/t18-/m0/s1. The Labute approximate surface area is 162 Å². The maximum Gasteiger partial charge on any atom is 0.416 e. The van der Waals surface area contributed by atoms with Gasteiger partial charge in [-0.3, -0.25) is 9.59 Å². The van der Waals surface area contributed by atoms with E-state index in [-0.39, 0.29) is 11.6 Å². The first-order valence-corrected chi connectivity index (χ1v) is 8.99. The fourth-order valence-electron chi connectivity index (χ4n) is 2.64. The third-order valence-corrected chi connectivity index (χ3v) is 4.32. The summed E-state index contributed by atoms with van der Waals surface area (Å²) in [7, 11) is 0. The zero-order valence-electron chi connectivity index (χ0n) is 15.9. The van der Waals surface area contributed by atoms with Crippen LogP contribution in [0.25, 0.3) is 0 Å². The molecule has 28 heavy (non-hydrogen) atoms. The third-order valence-electron chi connectivity index (χ3n) is 4.32. The number of rotatable bonds is 6. The van der Waals surface area contributed by atoms with Crippen LogP contribution >= 0.6 is 0 Å². The van der Waals surface area contributed by atoms with E-state index in [0.717, 1.165) is 24.1 Å². The van der Waals surface area contributed by atoms with E-state index in [2.05, 4.69) is 10.6 Å². The molecule has 2 rings (SSSR count). The normalized spacial score (nSPS) is 12.5. The predicted octanol–water partition coefficient (Wildman–Crippen LogP) is 4.66. The van der Waals surface area contributed by atoms with Gasteiger partial charge in [0, 0.05) is 11.3 Å². The first-order chi connectivity index (χ1) is 13.1. The highest BCUT2D eigenvalue weighted by Crippen LogP contribution is 2.30. The summed E-state index contributed by atoms with van der Waals surface area (Å²) in [4.78, 5) is 25.0. The largest absolute Gasteiger partial charge is 0.416 e. The number of anilines is 1. The van der Waals surface area contributed by atoms with Gasteiger partial charge in [-0.2, -0.15) is 13.2 Å². The third kappa shape index (κ3) is 5.58. The van der Waals surface area contributed by atoms with E-state index in [1.54, 1.807) is 26.0 Å². The smallest absolute Gasteiger partial charge is 0.340 e. The van der Waals surface area contributed by atoms with Crippen LogP contribution in [0.4, 0.5) is 18.9 Å². The molecule has 0 spiro atoms. The molecule has 4 nitrogen and oxygen atoms in total. The topological polar surface area (TPSA) is 58.2 Å². The van der Waals surface area contributed by atoms with Gasteiger partial charge >= 0.3 is 6.18 Å². The van der Waals surface area contributed by atoms with E-state index in [1.807, 2.05) is 19.1 Å². The molecule has 0 aromatic heterocycles. The number of carbonyl (C=O) groups excluding carboxylic acids is 2. The van der Waals surface area contributed by atoms with Crippen molar-refractivity contribution in [2.24, 2.45) is 5.92 Å². The highest BCUT2D eigenvalue weighted by atomic mass is 19.4. The Morgan fingerprint density at radius 3 is 2.21 bits per heavy atom. The molecular formula is C21H23F3N2O2. The molecule has 7 heteroatoms. The van der Waals surface area contributed by atoms with E-state index in [1.165, 1.54) is 12.1 Å². The number of benzene rings is 2. The van der Waals surface area contributed by atoms with Crippen molar-refractivity contribution in [3.05, 3.63) is 65.2 Å². The fraction of sp³-hybridized carbons (Fsp3) is 0.333. The molecule has 2 aromatic rings. The number of nitrogens with one attached hydrogen (secondary N) is 2. The van der Waals surface area contributed by atoms with Crippen molar-refractivity contribution in [2.75, 3.05) is 5.32 Å². The summed E-state index contributed by atoms with van der Waals surface area (Å²) in [5.74, 6) is -1.25. The lowest BCUT2D eigenvalue weighted by Crippen LogP contribution is -2.47. The second kappa shape index (κ2) is 8.91. The van der Waals surface area contributed by atoms with Crippen LogP contribution in [-0.4, -0.2) is 17.9 Å². The van der Waals surface area contributed by atoms with Crippen molar-refractivity contribution in [1.82, 2.24) is 5.32 Å². The molecule has 0 aliphatic heterocycles. The molecule has 0 aliphatic carbocycles. The van der Waals surface area contributed by atoms with E-state index in [9.17, 15) is 22.8 Å². The van der Waals surface area contributed by atoms with Gasteiger partial charge in [-0.1, -0.05) is 39.0 Å². The van der Waals surface area contributed by atoms with Crippen molar-refractivity contribution in [3.63, 3.8) is 0 Å². The van der Waals surface area contributed by atoms with Gasteiger partial charge in [-0.25, -0.2) is 0 Å². The summed E-state index contributed by atoms with van der Waals surface area (Å²) in [5.41, 5.74) is 0.660. The Bertz CT molecular complexity index is 830. The average Bonchev–Trinajstić information content (AvgIpc) is 2.65. The predicted molar refractivity (Wildman–Crippen MR) is 102 cm³/mol. The Morgan fingerprint density at radius 1 is 1.04 bits per heavy atom. The molecule has 0 fully saturated rings. The highest BCUT2D eigenvalue weighted by molar-refractivity contribution is 6.01. The molecule has 0 saturated carbocycles. The number of hydrogen-bond donors (Lipinski definition) is 2. The summed E-state index contributed by atoms with van der Waals surface area (Å²) in [6.07, 6.45) is -3.66. The highest BCUT2D eigenvalue weighted by Gasteiger charge is 2.31. The van der Waals surface area contributed by atoms with Crippen LogP contribution in [0.3, 0.4) is 0 Å². The molecule has 0 aliphatic rings. The molecule has 2 aromatic carbocycles. The van der Waals surface area contributed by atoms with Crippen molar-refractivity contribution >= 4 is 17.5 Å². The van der Waals surface area contributed by atoms with Gasteiger partial charge in [0.2, 0.25) is 5.91 Å². The lowest BCUT2D eigenvalue weighted by molar-refractivity contribution is -0.137. The SMILES string of the molecule is CCc1ccc(C(=O)N[C@H](C(=O)Nc2cccc(C(F)(F)F)c2)C(C)C)cc1. The number of alkyl halides is 3. The van der Waals surface area contributed by atoms with E-state index < -0.39 is 29.6 Å². The summed E-state index contributed by atoms with van der Waals surface area (Å²) in [6.45, 7) is 5.50. The second-order valence-corrected chi connectivity index (χ2v) is 6.81. The summed E-state index contributed by atoms with van der Waals surface area (Å²) in [5, 5.41) is 5.12. The summed E-state index contributed by atoms with van der Waals surface area (Å²) in [6, 6.07) is 10.5. The molecule has 0 bridgehead atoms. The molecule has 2 N–H and O–H groups in total. The van der Waals surface area contributed by atoms with Gasteiger partial charge in [-0.05, 0) is 48.2 Å². The van der Waals surface area contributed by atoms with Crippen LogP contribution in [-0.2, 0) is 17.4 Å². The molecule has 0 heterocycles. The first kappa shape index (κ1) is 21.5. The van der Waals surface area contributed by atoms with Crippen molar-refractivity contribution < 1.29 is 22.8 Å². The Hall–Kier alpha value is -2.83. The van der Waals surface area contributed by atoms with E-state index >= 15 is 0 Å². The Morgan fingerprint density at radius 2 is 1.68 bits per heavy atom. The van der Waals surface area contributed by atoms with Crippen LogP contribution in [0.15, 0.2) is 48.5 Å². The number of amides is 2. The van der Waals surface area contributed by atoms with Gasteiger partial charge < -0.3 is 10.6 Å². The fourth-order valence-corrected chi connectivity index (χ4v) is 2.64. The van der Waals surface area contributed by atoms with Crippen LogP contribution in [0, 0.1) is 5.92 Å². The minimum atomic E-state index is -4.50. The average molecular weight is 392 g/mol.